The van der Waals surface area contributed by atoms with E-state index >= 15 is 0 Å². The van der Waals surface area contributed by atoms with Gasteiger partial charge in [0.2, 0.25) is 0 Å². The van der Waals surface area contributed by atoms with E-state index in [0.717, 1.165) is 38.0 Å². The van der Waals surface area contributed by atoms with Crippen molar-refractivity contribution in [2.45, 2.75) is 50.4 Å². The van der Waals surface area contributed by atoms with E-state index in [1.165, 1.54) is 5.75 Å². The first-order valence-electron chi connectivity index (χ1n) is 7.01. The molecule has 18 heavy (non-hydrogen) atoms. The largest absolute Gasteiger partial charge is 0.374 e. The highest BCUT2D eigenvalue weighted by Gasteiger charge is 2.42. The van der Waals surface area contributed by atoms with Crippen molar-refractivity contribution in [2.75, 3.05) is 23.9 Å². The molecule has 0 radical (unpaired) electrons. The van der Waals surface area contributed by atoms with E-state index < -0.39 is 0 Å². The van der Waals surface area contributed by atoms with E-state index in [1.54, 1.807) is 0 Å². The minimum atomic E-state index is 0.0459. The van der Waals surface area contributed by atoms with Crippen LogP contribution in [0.5, 0.6) is 0 Å². The van der Waals surface area contributed by atoms with Gasteiger partial charge >= 0.3 is 0 Å². The van der Waals surface area contributed by atoms with Crippen LogP contribution in [0.15, 0.2) is 0 Å². The molecule has 2 fully saturated rings. The summed E-state index contributed by atoms with van der Waals surface area (Å²) in [7, 11) is 0. The summed E-state index contributed by atoms with van der Waals surface area (Å²) in [4.78, 5) is 12.3. The first-order chi connectivity index (χ1) is 8.65. The van der Waals surface area contributed by atoms with Crippen molar-refractivity contribution in [1.82, 2.24) is 0 Å². The summed E-state index contributed by atoms with van der Waals surface area (Å²) in [5.74, 6) is 3.70. The monoisotopic (exact) mass is 288 g/mol. The Morgan fingerprint density at radius 2 is 2.44 bits per heavy atom. The smallest absolute Gasteiger partial charge is 0.146 e. The van der Waals surface area contributed by atoms with E-state index in [0.29, 0.717) is 16.8 Å². The Kier molecular flexibility index (Phi) is 5.46. The Labute approximate surface area is 119 Å². The van der Waals surface area contributed by atoms with E-state index in [1.807, 2.05) is 23.5 Å². The number of hydrogen-bond acceptors (Lipinski definition) is 4. The summed E-state index contributed by atoms with van der Waals surface area (Å²) >= 11 is 3.79. The Bertz CT molecular complexity index is 288. The summed E-state index contributed by atoms with van der Waals surface area (Å²) < 4.78 is 5.97. The summed E-state index contributed by atoms with van der Waals surface area (Å²) in [5, 5.41) is 0.602. The third-order valence-corrected chi connectivity index (χ3v) is 6.68. The zero-order chi connectivity index (χ0) is 13.0. The lowest BCUT2D eigenvalue weighted by atomic mass is 9.83. The van der Waals surface area contributed by atoms with Crippen LogP contribution in [0.25, 0.3) is 0 Å². The predicted octanol–water partition coefficient (Wildman–Crippen LogP) is 3.39. The molecule has 3 unspecified atom stereocenters. The van der Waals surface area contributed by atoms with Crippen LogP contribution in [-0.4, -0.2) is 40.5 Å². The Morgan fingerprint density at radius 3 is 3.11 bits per heavy atom. The fraction of sp³-hybridized carbons (Fsp3) is 0.929. The van der Waals surface area contributed by atoms with E-state index in [2.05, 4.69) is 13.8 Å². The fourth-order valence-corrected chi connectivity index (χ4v) is 4.92. The van der Waals surface area contributed by atoms with Gasteiger partial charge in [0.15, 0.2) is 0 Å². The maximum Gasteiger partial charge on any atom is 0.146 e. The van der Waals surface area contributed by atoms with Crippen LogP contribution in [0, 0.1) is 5.92 Å². The minimum absolute atomic E-state index is 0.0459. The van der Waals surface area contributed by atoms with Crippen LogP contribution in [0.4, 0.5) is 0 Å². The molecule has 0 aromatic carbocycles. The summed E-state index contributed by atoms with van der Waals surface area (Å²) in [5.41, 5.74) is 0.0459. The van der Waals surface area contributed by atoms with Crippen LogP contribution in [-0.2, 0) is 9.53 Å². The molecule has 3 atom stereocenters. The van der Waals surface area contributed by atoms with Gasteiger partial charge in [0.1, 0.15) is 5.78 Å². The molecule has 2 heterocycles. The number of hydrogen-bond donors (Lipinski definition) is 0. The lowest BCUT2D eigenvalue weighted by Crippen LogP contribution is -2.42. The maximum absolute atomic E-state index is 12.3. The minimum Gasteiger partial charge on any atom is -0.374 e. The molecule has 0 aromatic rings. The summed E-state index contributed by atoms with van der Waals surface area (Å²) in [6.45, 7) is 5.17. The molecule has 0 saturated carbocycles. The van der Waals surface area contributed by atoms with Gasteiger partial charge in [0.05, 0.1) is 11.4 Å². The lowest BCUT2D eigenvalue weighted by molar-refractivity contribution is -0.131. The molecule has 0 aliphatic carbocycles. The second kappa shape index (κ2) is 6.67. The molecule has 0 bridgehead atoms. The van der Waals surface area contributed by atoms with Crippen LogP contribution in [0.2, 0.25) is 0 Å². The van der Waals surface area contributed by atoms with Crippen molar-refractivity contribution >= 4 is 29.3 Å². The van der Waals surface area contributed by atoms with Crippen molar-refractivity contribution in [3.63, 3.8) is 0 Å². The maximum atomic E-state index is 12.3. The highest BCUT2D eigenvalue weighted by molar-refractivity contribution is 8.00. The zero-order valence-electron chi connectivity index (χ0n) is 11.4. The standard InChI is InChI=1S/C14H24O2S2/c1-3-11(2)18-9-13(15)12-4-6-16-14(8-12)5-7-17-10-14/h11-12H,3-10H2,1-2H3. The Balaban J connectivity index is 1.82. The van der Waals surface area contributed by atoms with Crippen molar-refractivity contribution in [2.24, 2.45) is 5.92 Å². The van der Waals surface area contributed by atoms with E-state index in [9.17, 15) is 4.79 Å². The normalized spacial score (nSPS) is 33.8. The lowest BCUT2D eigenvalue weighted by Gasteiger charge is -2.37. The van der Waals surface area contributed by atoms with Gasteiger partial charge in [-0.2, -0.15) is 23.5 Å². The Hall–Kier alpha value is 0.330. The molecule has 0 N–H and O–H groups in total. The number of carbonyl (C=O) groups is 1. The van der Waals surface area contributed by atoms with E-state index in [4.69, 9.17) is 4.74 Å². The molecule has 0 aromatic heterocycles. The topological polar surface area (TPSA) is 26.3 Å². The molecule has 2 aliphatic rings. The number of rotatable bonds is 5. The van der Waals surface area contributed by atoms with Crippen molar-refractivity contribution in [3.8, 4) is 0 Å². The predicted molar refractivity (Wildman–Crippen MR) is 80.6 cm³/mol. The molecule has 4 heteroatoms. The van der Waals surface area contributed by atoms with Crippen molar-refractivity contribution in [1.29, 1.82) is 0 Å². The molecule has 0 amide bonds. The quantitative estimate of drug-likeness (QED) is 0.774. The highest BCUT2D eigenvalue weighted by Crippen LogP contribution is 2.40. The van der Waals surface area contributed by atoms with Crippen molar-refractivity contribution in [3.05, 3.63) is 0 Å². The Morgan fingerprint density at radius 1 is 1.61 bits per heavy atom. The van der Waals surface area contributed by atoms with Crippen molar-refractivity contribution < 1.29 is 9.53 Å². The molecule has 2 nitrogen and oxygen atoms in total. The number of ketones is 1. The second-order valence-electron chi connectivity index (χ2n) is 5.52. The average Bonchev–Trinajstić information content (AvgIpc) is 2.83. The molecule has 2 saturated heterocycles. The second-order valence-corrected chi connectivity index (χ2v) is 8.05. The fourth-order valence-electron chi connectivity index (χ4n) is 2.63. The molecule has 2 aliphatic heterocycles. The molecule has 1 spiro atoms. The van der Waals surface area contributed by atoms with Crippen LogP contribution in [0.3, 0.4) is 0 Å². The van der Waals surface area contributed by atoms with Gasteiger partial charge < -0.3 is 4.74 Å². The third-order valence-electron chi connectivity index (χ3n) is 4.10. The molecular weight excluding hydrogens is 264 g/mol. The third kappa shape index (κ3) is 3.67. The van der Waals surface area contributed by atoms with Crippen LogP contribution in [0.1, 0.15) is 39.5 Å². The van der Waals surface area contributed by atoms with Gasteiger partial charge in [-0.15, -0.1) is 0 Å². The van der Waals surface area contributed by atoms with Crippen LogP contribution < -0.4 is 0 Å². The average molecular weight is 288 g/mol. The zero-order valence-corrected chi connectivity index (χ0v) is 13.1. The molecular formula is C14H24O2S2. The first kappa shape index (κ1) is 14.7. The first-order valence-corrected chi connectivity index (χ1v) is 9.21. The SMILES string of the molecule is CCC(C)SCC(=O)C1CCOC2(CCSC2)C1. The van der Waals surface area contributed by atoms with Gasteiger partial charge in [-0.3, -0.25) is 4.79 Å². The number of ether oxygens (including phenoxy) is 1. The van der Waals surface area contributed by atoms with Gasteiger partial charge in [0.25, 0.3) is 0 Å². The molecule has 2 rings (SSSR count). The highest BCUT2D eigenvalue weighted by atomic mass is 32.2. The van der Waals surface area contributed by atoms with Gasteiger partial charge in [-0.1, -0.05) is 13.8 Å². The summed E-state index contributed by atoms with van der Waals surface area (Å²) in [6, 6.07) is 0. The molecule has 104 valence electrons. The number of carbonyl (C=O) groups excluding carboxylic acids is 1. The summed E-state index contributed by atoms with van der Waals surface area (Å²) in [6.07, 6.45) is 4.19. The number of Topliss-reactive ketones (excluding diaryl/α,β-unsaturated/α-hetero) is 1. The van der Waals surface area contributed by atoms with Gasteiger partial charge in [-0.05, 0) is 31.4 Å². The van der Waals surface area contributed by atoms with E-state index in [-0.39, 0.29) is 11.5 Å². The van der Waals surface area contributed by atoms with Crippen LogP contribution >= 0.6 is 23.5 Å². The number of thioether (sulfide) groups is 2. The van der Waals surface area contributed by atoms with Gasteiger partial charge in [0, 0.05) is 23.5 Å². The van der Waals surface area contributed by atoms with Gasteiger partial charge in [-0.25, -0.2) is 0 Å².